The Kier molecular flexibility index (Phi) is 7.29. The van der Waals surface area contributed by atoms with Crippen LogP contribution >= 0.6 is 0 Å². The number of aromatic nitrogens is 4. The second-order valence-electron chi connectivity index (χ2n) is 8.87. The molecule has 0 saturated heterocycles. The number of methoxy groups -OCH3 is 2. The maximum atomic E-state index is 13.6. The summed E-state index contributed by atoms with van der Waals surface area (Å²) >= 11 is 0. The largest absolute Gasteiger partial charge is 0.496 e. The van der Waals surface area contributed by atoms with Crippen LogP contribution in [0.3, 0.4) is 0 Å². The minimum Gasteiger partial charge on any atom is -0.496 e. The smallest absolute Gasteiger partial charge is 0.333 e. The van der Waals surface area contributed by atoms with Gasteiger partial charge in [-0.15, -0.1) is 6.58 Å². The normalized spacial score (nSPS) is 13.3. The zero-order valence-electron chi connectivity index (χ0n) is 22.5. The van der Waals surface area contributed by atoms with Gasteiger partial charge in [-0.3, -0.25) is 24.1 Å². The van der Waals surface area contributed by atoms with Crippen molar-refractivity contribution in [3.05, 3.63) is 71.1 Å². The van der Waals surface area contributed by atoms with Crippen LogP contribution in [0.4, 0.5) is 0 Å². The number of hydrogen-bond acceptors (Lipinski definition) is 6. The number of benzene rings is 1. The second-order valence-corrected chi connectivity index (χ2v) is 8.87. The maximum Gasteiger partial charge on any atom is 0.333 e. The third-order valence-electron chi connectivity index (χ3n) is 6.73. The van der Waals surface area contributed by atoms with Crippen LogP contribution < -0.4 is 15.2 Å². The van der Waals surface area contributed by atoms with Gasteiger partial charge in [0.15, 0.2) is 5.75 Å². The fraction of sp³-hybridized carbons (Fsp3) is 0.310. The first-order valence-corrected chi connectivity index (χ1v) is 12.2. The Morgan fingerprint density at radius 3 is 2.54 bits per heavy atom. The number of allylic oxidation sites excluding steroid dienone is 2. The molecule has 0 radical (unpaired) electrons. The topological polar surface area (TPSA) is 83.5 Å². The molecule has 8 heteroatoms. The Morgan fingerprint density at radius 1 is 1.19 bits per heavy atom. The van der Waals surface area contributed by atoms with E-state index in [1.54, 1.807) is 49.0 Å². The van der Waals surface area contributed by atoms with E-state index in [2.05, 4.69) is 23.5 Å². The molecule has 1 unspecified atom stereocenters. The van der Waals surface area contributed by atoms with Crippen molar-refractivity contribution in [1.82, 2.24) is 19.1 Å². The minimum atomic E-state index is -0.199. The van der Waals surface area contributed by atoms with E-state index in [4.69, 9.17) is 14.5 Å². The fourth-order valence-corrected chi connectivity index (χ4v) is 4.77. The molecule has 0 amide bonds. The molecule has 0 N–H and O–H groups in total. The molecular weight excluding hydrogens is 466 g/mol. The van der Waals surface area contributed by atoms with Gasteiger partial charge >= 0.3 is 5.69 Å². The number of pyridine rings is 2. The summed E-state index contributed by atoms with van der Waals surface area (Å²) in [5.74, 6) is 1.19. The molecular formula is C29H33N5O3. The highest BCUT2D eigenvalue weighted by Gasteiger charge is 2.22. The highest BCUT2D eigenvalue weighted by Crippen LogP contribution is 2.36. The average Bonchev–Trinajstić information content (AvgIpc) is 3.16. The van der Waals surface area contributed by atoms with Gasteiger partial charge in [0.05, 0.1) is 54.9 Å². The van der Waals surface area contributed by atoms with Crippen molar-refractivity contribution < 1.29 is 9.47 Å². The van der Waals surface area contributed by atoms with Crippen LogP contribution in [0, 0.1) is 6.92 Å². The van der Waals surface area contributed by atoms with Crippen molar-refractivity contribution in [2.24, 2.45) is 12.0 Å². The molecule has 0 saturated carbocycles. The predicted octanol–water partition coefficient (Wildman–Crippen LogP) is 5.43. The Labute approximate surface area is 216 Å². The Hall–Kier alpha value is -4.20. The number of nitrogens with zero attached hydrogens (tertiary/aromatic N) is 5. The van der Waals surface area contributed by atoms with Crippen LogP contribution in [0.2, 0.25) is 0 Å². The Balaban J connectivity index is 2.13. The van der Waals surface area contributed by atoms with Gasteiger partial charge in [0.25, 0.3) is 0 Å². The lowest BCUT2D eigenvalue weighted by Crippen LogP contribution is -2.22. The van der Waals surface area contributed by atoms with Gasteiger partial charge in [0.2, 0.25) is 0 Å². The lowest BCUT2D eigenvalue weighted by atomic mass is 9.97. The van der Waals surface area contributed by atoms with Crippen LogP contribution in [0.1, 0.15) is 38.3 Å². The van der Waals surface area contributed by atoms with Crippen molar-refractivity contribution in [2.75, 3.05) is 14.2 Å². The summed E-state index contributed by atoms with van der Waals surface area (Å²) in [6, 6.07) is 3.96. The van der Waals surface area contributed by atoms with Crippen molar-refractivity contribution >= 4 is 33.2 Å². The van der Waals surface area contributed by atoms with Crippen molar-refractivity contribution in [3.63, 3.8) is 0 Å². The first-order valence-electron chi connectivity index (χ1n) is 12.2. The highest BCUT2D eigenvalue weighted by molar-refractivity contribution is 6.24. The van der Waals surface area contributed by atoms with Gasteiger partial charge in [-0.1, -0.05) is 19.1 Å². The van der Waals surface area contributed by atoms with Gasteiger partial charge < -0.3 is 9.47 Å². The molecule has 0 aliphatic rings. The van der Waals surface area contributed by atoms with Crippen molar-refractivity contribution in [3.8, 4) is 17.2 Å². The zero-order chi connectivity index (χ0) is 26.9. The molecule has 0 aliphatic carbocycles. The van der Waals surface area contributed by atoms with Gasteiger partial charge in [0, 0.05) is 41.5 Å². The summed E-state index contributed by atoms with van der Waals surface area (Å²) in [6.07, 6.45) is 9.81. The minimum absolute atomic E-state index is 0.0243. The van der Waals surface area contributed by atoms with Crippen LogP contribution in [-0.2, 0) is 7.05 Å². The number of aliphatic imine (C=N–C) groups is 1. The van der Waals surface area contributed by atoms with Gasteiger partial charge in [-0.05, 0) is 38.8 Å². The number of imidazole rings is 1. The summed E-state index contributed by atoms with van der Waals surface area (Å²) in [4.78, 5) is 27.4. The van der Waals surface area contributed by atoms with E-state index in [1.165, 1.54) is 0 Å². The molecule has 0 bridgehead atoms. The van der Waals surface area contributed by atoms with E-state index in [9.17, 15) is 4.79 Å². The lowest BCUT2D eigenvalue weighted by Gasteiger charge is -2.16. The van der Waals surface area contributed by atoms with E-state index >= 15 is 0 Å². The van der Waals surface area contributed by atoms with E-state index in [1.807, 2.05) is 45.1 Å². The van der Waals surface area contributed by atoms with Crippen molar-refractivity contribution in [2.45, 2.75) is 40.2 Å². The standard InChI is InChI=1S/C29H33N5O3/c1-9-19(10-2)32-18(5)20(11-3)21-12-22-23(13-25(21)36-7)31-15-24-28(22)34(29(35)33(24)6)27-17(4)14-30-16-26(27)37-8/h9,11-16,19H,1,10H2,2-8H3/b20-11+,32-18?. The van der Waals surface area contributed by atoms with Crippen LogP contribution in [0.15, 0.2) is 59.2 Å². The fourth-order valence-electron chi connectivity index (χ4n) is 4.77. The molecule has 0 fully saturated rings. The first-order chi connectivity index (χ1) is 17.8. The van der Waals surface area contributed by atoms with Crippen molar-refractivity contribution in [1.29, 1.82) is 0 Å². The van der Waals surface area contributed by atoms with Crippen LogP contribution in [0.5, 0.6) is 11.5 Å². The number of rotatable bonds is 8. The molecule has 0 spiro atoms. The number of aryl methyl sites for hydroxylation is 2. The summed E-state index contributed by atoms with van der Waals surface area (Å²) in [5.41, 5.74) is 6.11. The van der Waals surface area contributed by atoms with E-state index < -0.39 is 0 Å². The molecule has 4 aromatic rings. The van der Waals surface area contributed by atoms with Crippen LogP contribution in [-0.4, -0.2) is 45.1 Å². The van der Waals surface area contributed by atoms with E-state index in [0.717, 1.165) is 39.7 Å². The molecule has 8 nitrogen and oxygen atoms in total. The second kappa shape index (κ2) is 10.4. The summed E-state index contributed by atoms with van der Waals surface area (Å²) < 4.78 is 14.7. The Bertz CT molecular complexity index is 1620. The highest BCUT2D eigenvalue weighted by atomic mass is 16.5. The third kappa shape index (κ3) is 4.33. The monoisotopic (exact) mass is 499 g/mol. The third-order valence-corrected chi connectivity index (χ3v) is 6.73. The SMILES string of the molecule is C=CC(CC)N=C(C)/C(=C\C)c1cc2c(cc1OC)ncc1c2n(-c2c(C)cncc2OC)c(=O)n1C. The molecule has 3 aromatic heterocycles. The van der Waals surface area contributed by atoms with Gasteiger partial charge in [0.1, 0.15) is 5.75 Å². The quantitative estimate of drug-likeness (QED) is 0.239. The number of hydrogen-bond donors (Lipinski definition) is 0. The van der Waals surface area contributed by atoms with E-state index in [0.29, 0.717) is 28.2 Å². The summed E-state index contributed by atoms with van der Waals surface area (Å²) in [6.45, 7) is 11.9. The molecule has 1 aromatic carbocycles. The molecule has 0 aliphatic heterocycles. The number of fused-ring (bicyclic) bond motifs is 3. The predicted molar refractivity (Wildman–Crippen MR) is 150 cm³/mol. The molecule has 192 valence electrons. The molecule has 3 heterocycles. The summed E-state index contributed by atoms with van der Waals surface area (Å²) in [5, 5.41) is 0.812. The van der Waals surface area contributed by atoms with Gasteiger partial charge in [-0.25, -0.2) is 4.79 Å². The lowest BCUT2D eigenvalue weighted by molar-refractivity contribution is 0.410. The van der Waals surface area contributed by atoms with Crippen LogP contribution in [0.25, 0.3) is 33.2 Å². The molecule has 4 rings (SSSR count). The maximum absolute atomic E-state index is 13.6. The zero-order valence-corrected chi connectivity index (χ0v) is 22.5. The molecule has 1 atom stereocenters. The summed E-state index contributed by atoms with van der Waals surface area (Å²) in [7, 11) is 4.97. The van der Waals surface area contributed by atoms with Gasteiger partial charge in [-0.2, -0.15) is 0 Å². The Morgan fingerprint density at radius 2 is 1.92 bits per heavy atom. The molecule has 37 heavy (non-hydrogen) atoms. The average molecular weight is 500 g/mol. The number of ether oxygens (including phenoxy) is 2. The van der Waals surface area contributed by atoms with E-state index in [-0.39, 0.29) is 11.7 Å². The first kappa shape index (κ1) is 25.9.